The van der Waals surface area contributed by atoms with Crippen molar-refractivity contribution in [2.75, 3.05) is 17.2 Å². The van der Waals surface area contributed by atoms with Crippen LogP contribution in [0.3, 0.4) is 0 Å². The molecule has 0 unspecified atom stereocenters. The molecule has 1 amide bonds. The fourth-order valence-corrected chi connectivity index (χ4v) is 2.59. The summed E-state index contributed by atoms with van der Waals surface area (Å²) in [6, 6.07) is 13.3. The maximum absolute atomic E-state index is 12.7. The summed E-state index contributed by atoms with van der Waals surface area (Å²) in [5.41, 5.74) is 9.34. The number of nitrogen functional groups attached to an aromatic ring is 1. The Kier molecular flexibility index (Phi) is 4.06. The molecule has 4 heteroatoms. The van der Waals surface area contributed by atoms with Crippen LogP contribution in [0.4, 0.5) is 11.4 Å². The SMILES string of the molecule is CCCN1C(=O)/C(=C\c2ccc(C)cc2)Oc2cc(N)ccc21. The van der Waals surface area contributed by atoms with E-state index in [-0.39, 0.29) is 5.91 Å². The van der Waals surface area contributed by atoms with E-state index in [0.29, 0.717) is 23.7 Å². The molecule has 0 saturated heterocycles. The Morgan fingerprint density at radius 2 is 1.91 bits per heavy atom. The average molecular weight is 308 g/mol. The van der Waals surface area contributed by atoms with Crippen LogP contribution in [-0.2, 0) is 4.79 Å². The number of rotatable bonds is 3. The predicted octanol–water partition coefficient (Wildman–Crippen LogP) is 3.75. The Labute approximate surface area is 136 Å². The minimum absolute atomic E-state index is 0.121. The van der Waals surface area contributed by atoms with Crippen LogP contribution < -0.4 is 15.4 Å². The normalized spacial score (nSPS) is 15.5. The van der Waals surface area contributed by atoms with Gasteiger partial charge in [0.05, 0.1) is 5.69 Å². The summed E-state index contributed by atoms with van der Waals surface area (Å²) in [6.45, 7) is 4.72. The zero-order valence-electron chi connectivity index (χ0n) is 13.4. The molecule has 0 bridgehead atoms. The van der Waals surface area contributed by atoms with E-state index in [1.807, 2.05) is 44.2 Å². The summed E-state index contributed by atoms with van der Waals surface area (Å²) >= 11 is 0. The molecule has 0 fully saturated rings. The highest BCUT2D eigenvalue weighted by Gasteiger charge is 2.29. The van der Waals surface area contributed by atoms with E-state index in [1.165, 1.54) is 5.56 Å². The minimum atomic E-state index is -0.121. The van der Waals surface area contributed by atoms with Gasteiger partial charge in [0.2, 0.25) is 0 Å². The lowest BCUT2D eigenvalue weighted by molar-refractivity contribution is -0.117. The van der Waals surface area contributed by atoms with E-state index in [4.69, 9.17) is 10.5 Å². The Morgan fingerprint density at radius 1 is 1.17 bits per heavy atom. The number of anilines is 2. The van der Waals surface area contributed by atoms with Gasteiger partial charge in [0.15, 0.2) is 11.5 Å². The Balaban J connectivity index is 2.02. The van der Waals surface area contributed by atoms with E-state index < -0.39 is 0 Å². The molecule has 1 aliphatic rings. The third-order valence-electron chi connectivity index (χ3n) is 3.77. The van der Waals surface area contributed by atoms with Crippen molar-refractivity contribution < 1.29 is 9.53 Å². The molecule has 0 aromatic heterocycles. The van der Waals surface area contributed by atoms with Gasteiger partial charge in [0.1, 0.15) is 0 Å². The van der Waals surface area contributed by atoms with Gasteiger partial charge in [-0.2, -0.15) is 0 Å². The number of nitrogens with zero attached hydrogens (tertiary/aromatic N) is 1. The molecular formula is C19H20N2O2. The fraction of sp³-hybridized carbons (Fsp3) is 0.211. The van der Waals surface area contributed by atoms with Crippen molar-refractivity contribution in [2.45, 2.75) is 20.3 Å². The molecule has 1 heterocycles. The molecule has 4 nitrogen and oxygen atoms in total. The number of hydrogen-bond donors (Lipinski definition) is 1. The van der Waals surface area contributed by atoms with Gasteiger partial charge in [0.25, 0.3) is 5.91 Å². The topological polar surface area (TPSA) is 55.6 Å². The van der Waals surface area contributed by atoms with Crippen LogP contribution in [-0.4, -0.2) is 12.5 Å². The number of benzene rings is 2. The van der Waals surface area contributed by atoms with Crippen molar-refractivity contribution in [1.82, 2.24) is 0 Å². The summed E-state index contributed by atoms with van der Waals surface area (Å²) in [5, 5.41) is 0. The van der Waals surface area contributed by atoms with Crippen LogP contribution in [0.1, 0.15) is 24.5 Å². The monoisotopic (exact) mass is 308 g/mol. The highest BCUT2D eigenvalue weighted by molar-refractivity contribution is 6.10. The van der Waals surface area contributed by atoms with Crippen LogP contribution in [0.2, 0.25) is 0 Å². The zero-order valence-corrected chi connectivity index (χ0v) is 13.4. The van der Waals surface area contributed by atoms with Gasteiger partial charge in [-0.1, -0.05) is 36.8 Å². The summed E-state index contributed by atoms with van der Waals surface area (Å²) in [5.74, 6) is 0.821. The first-order valence-corrected chi connectivity index (χ1v) is 7.76. The van der Waals surface area contributed by atoms with E-state index in [2.05, 4.69) is 0 Å². The highest BCUT2D eigenvalue weighted by Crippen LogP contribution is 2.37. The molecule has 1 aliphatic heterocycles. The van der Waals surface area contributed by atoms with Gasteiger partial charge >= 0.3 is 0 Å². The third kappa shape index (κ3) is 3.06. The molecule has 0 aliphatic carbocycles. The van der Waals surface area contributed by atoms with Gasteiger partial charge in [-0.3, -0.25) is 4.79 Å². The summed E-state index contributed by atoms with van der Waals surface area (Å²) in [7, 11) is 0. The van der Waals surface area contributed by atoms with Crippen molar-refractivity contribution >= 4 is 23.4 Å². The minimum Gasteiger partial charge on any atom is -0.449 e. The molecule has 23 heavy (non-hydrogen) atoms. The number of nitrogens with two attached hydrogens (primary N) is 1. The smallest absolute Gasteiger partial charge is 0.294 e. The summed E-state index contributed by atoms with van der Waals surface area (Å²) < 4.78 is 5.83. The average Bonchev–Trinajstić information content (AvgIpc) is 2.53. The van der Waals surface area contributed by atoms with Crippen molar-refractivity contribution in [2.24, 2.45) is 0 Å². The number of carbonyl (C=O) groups is 1. The maximum Gasteiger partial charge on any atom is 0.294 e. The molecule has 0 saturated carbocycles. The van der Waals surface area contributed by atoms with E-state index in [1.54, 1.807) is 23.1 Å². The van der Waals surface area contributed by atoms with E-state index in [9.17, 15) is 4.79 Å². The fourth-order valence-electron chi connectivity index (χ4n) is 2.59. The van der Waals surface area contributed by atoms with Crippen LogP contribution >= 0.6 is 0 Å². The highest BCUT2D eigenvalue weighted by atomic mass is 16.5. The largest absolute Gasteiger partial charge is 0.449 e. The second kappa shape index (κ2) is 6.16. The summed E-state index contributed by atoms with van der Waals surface area (Å²) in [4.78, 5) is 14.5. The van der Waals surface area contributed by atoms with Gasteiger partial charge < -0.3 is 15.4 Å². The van der Waals surface area contributed by atoms with Gasteiger partial charge in [-0.05, 0) is 37.1 Å². The van der Waals surface area contributed by atoms with Gasteiger partial charge in [-0.25, -0.2) is 0 Å². The van der Waals surface area contributed by atoms with Crippen molar-refractivity contribution in [3.63, 3.8) is 0 Å². The molecule has 2 N–H and O–H groups in total. The standard InChI is InChI=1S/C19H20N2O2/c1-3-10-21-16-9-8-15(20)12-17(16)23-18(19(21)22)11-14-6-4-13(2)5-7-14/h4-9,11-12H,3,10,20H2,1-2H3/b18-11+. The molecule has 2 aromatic rings. The lowest BCUT2D eigenvalue weighted by Crippen LogP contribution is -2.37. The molecular weight excluding hydrogens is 288 g/mol. The molecule has 0 radical (unpaired) electrons. The quantitative estimate of drug-likeness (QED) is 0.694. The first-order chi connectivity index (χ1) is 11.1. The van der Waals surface area contributed by atoms with E-state index in [0.717, 1.165) is 17.7 Å². The van der Waals surface area contributed by atoms with E-state index >= 15 is 0 Å². The van der Waals surface area contributed by atoms with Gasteiger partial charge in [-0.15, -0.1) is 0 Å². The first kappa shape index (κ1) is 15.2. The number of hydrogen-bond acceptors (Lipinski definition) is 3. The van der Waals surface area contributed by atoms with Crippen LogP contribution in [0.15, 0.2) is 48.2 Å². The van der Waals surface area contributed by atoms with Crippen molar-refractivity contribution in [3.05, 3.63) is 59.4 Å². The molecule has 118 valence electrons. The Bertz CT molecular complexity index is 763. The zero-order chi connectivity index (χ0) is 16.4. The number of aryl methyl sites for hydroxylation is 1. The molecule has 0 spiro atoms. The number of amides is 1. The van der Waals surface area contributed by atoms with Crippen molar-refractivity contribution in [1.29, 1.82) is 0 Å². The van der Waals surface area contributed by atoms with Crippen LogP contribution in [0.25, 0.3) is 6.08 Å². The second-order valence-corrected chi connectivity index (χ2v) is 5.71. The van der Waals surface area contributed by atoms with Crippen LogP contribution in [0, 0.1) is 6.92 Å². The lowest BCUT2D eigenvalue weighted by atomic mass is 10.1. The third-order valence-corrected chi connectivity index (χ3v) is 3.77. The second-order valence-electron chi connectivity index (χ2n) is 5.71. The number of ether oxygens (including phenoxy) is 1. The molecule has 0 atom stereocenters. The van der Waals surface area contributed by atoms with Gasteiger partial charge in [0, 0.05) is 18.3 Å². The maximum atomic E-state index is 12.7. The van der Waals surface area contributed by atoms with Crippen LogP contribution in [0.5, 0.6) is 5.75 Å². The summed E-state index contributed by atoms with van der Waals surface area (Å²) in [6.07, 6.45) is 2.64. The van der Waals surface area contributed by atoms with Crippen molar-refractivity contribution in [3.8, 4) is 5.75 Å². The Hall–Kier alpha value is -2.75. The number of fused-ring (bicyclic) bond motifs is 1. The molecule has 3 rings (SSSR count). The lowest BCUT2D eigenvalue weighted by Gasteiger charge is -2.30. The predicted molar refractivity (Wildman–Crippen MR) is 93.3 cm³/mol. The first-order valence-electron chi connectivity index (χ1n) is 7.76. The Morgan fingerprint density at radius 3 is 2.61 bits per heavy atom. The molecule has 2 aromatic carbocycles. The number of carbonyl (C=O) groups excluding carboxylic acids is 1.